The SMILES string of the molecule is N#CC(c1ccc(Cl)c(C(F)(F)F)c1)c1cccc(-n2ncc(=O)[nH]c2=O)c1Cl. The van der Waals surface area contributed by atoms with E-state index in [1.54, 1.807) is 0 Å². The Morgan fingerprint density at radius 2 is 1.90 bits per heavy atom. The van der Waals surface area contributed by atoms with Gasteiger partial charge in [-0.05, 0) is 29.3 Å². The smallest absolute Gasteiger partial charge is 0.271 e. The van der Waals surface area contributed by atoms with E-state index in [0.717, 1.165) is 23.0 Å². The summed E-state index contributed by atoms with van der Waals surface area (Å²) in [6, 6.07) is 9.35. The van der Waals surface area contributed by atoms with Crippen molar-refractivity contribution in [2.45, 2.75) is 12.1 Å². The number of benzene rings is 2. The zero-order chi connectivity index (χ0) is 21.3. The molecule has 0 saturated carbocycles. The third-order valence-electron chi connectivity index (χ3n) is 4.02. The quantitative estimate of drug-likeness (QED) is 0.668. The third kappa shape index (κ3) is 4.04. The Bertz CT molecular complexity index is 1250. The maximum Gasteiger partial charge on any atom is 0.417 e. The summed E-state index contributed by atoms with van der Waals surface area (Å²) in [6.07, 6.45) is -3.84. The molecule has 0 amide bonds. The van der Waals surface area contributed by atoms with Gasteiger partial charge in [0.15, 0.2) is 0 Å². The number of hydrogen-bond donors (Lipinski definition) is 1. The maximum atomic E-state index is 13.2. The molecule has 0 aliphatic carbocycles. The average molecular weight is 441 g/mol. The number of nitriles is 1. The fourth-order valence-corrected chi connectivity index (χ4v) is 3.25. The van der Waals surface area contributed by atoms with Crippen LogP contribution in [0.15, 0.2) is 52.2 Å². The largest absolute Gasteiger partial charge is 0.417 e. The second kappa shape index (κ2) is 7.73. The monoisotopic (exact) mass is 440 g/mol. The van der Waals surface area contributed by atoms with Crippen molar-refractivity contribution in [3.63, 3.8) is 0 Å². The molecule has 29 heavy (non-hydrogen) atoms. The first-order chi connectivity index (χ1) is 13.6. The van der Waals surface area contributed by atoms with E-state index in [4.69, 9.17) is 23.2 Å². The normalized spacial score (nSPS) is 12.4. The topological polar surface area (TPSA) is 91.5 Å². The van der Waals surface area contributed by atoms with E-state index in [-0.39, 0.29) is 21.8 Å². The van der Waals surface area contributed by atoms with Crippen molar-refractivity contribution in [1.29, 1.82) is 5.26 Å². The second-order valence-corrected chi connectivity index (χ2v) is 6.62. The van der Waals surface area contributed by atoms with Crippen LogP contribution in [0, 0.1) is 11.3 Å². The van der Waals surface area contributed by atoms with Crippen LogP contribution in [0.3, 0.4) is 0 Å². The van der Waals surface area contributed by atoms with E-state index < -0.39 is 33.9 Å². The molecule has 0 bridgehead atoms. The molecule has 0 fully saturated rings. The fraction of sp³-hybridized carbons (Fsp3) is 0.111. The van der Waals surface area contributed by atoms with Gasteiger partial charge in [-0.15, -0.1) is 0 Å². The number of nitrogens with one attached hydrogen (secondary N) is 1. The number of alkyl halides is 3. The van der Waals surface area contributed by atoms with Crippen LogP contribution in [0.2, 0.25) is 10.0 Å². The van der Waals surface area contributed by atoms with E-state index in [9.17, 15) is 28.0 Å². The van der Waals surface area contributed by atoms with Gasteiger partial charge in [0.25, 0.3) is 5.56 Å². The molecule has 0 radical (unpaired) electrons. The first-order valence-corrected chi connectivity index (χ1v) is 8.62. The van der Waals surface area contributed by atoms with Crippen molar-refractivity contribution in [2.75, 3.05) is 0 Å². The van der Waals surface area contributed by atoms with Crippen molar-refractivity contribution in [2.24, 2.45) is 0 Å². The Labute approximate surface area is 170 Å². The van der Waals surface area contributed by atoms with E-state index in [2.05, 4.69) is 5.10 Å². The molecule has 6 nitrogen and oxygen atoms in total. The van der Waals surface area contributed by atoms with Crippen molar-refractivity contribution < 1.29 is 13.2 Å². The van der Waals surface area contributed by atoms with Crippen LogP contribution in [0.1, 0.15) is 22.6 Å². The summed E-state index contributed by atoms with van der Waals surface area (Å²) in [5.74, 6) is -1.18. The molecule has 0 spiro atoms. The van der Waals surface area contributed by atoms with Crippen molar-refractivity contribution in [3.05, 3.63) is 90.2 Å². The van der Waals surface area contributed by atoms with Crippen LogP contribution in [0.25, 0.3) is 5.69 Å². The summed E-state index contributed by atoms with van der Waals surface area (Å²) in [5, 5.41) is 12.7. The molecule has 0 aliphatic rings. The molecule has 1 N–H and O–H groups in total. The molecule has 1 unspecified atom stereocenters. The molecule has 1 aromatic heterocycles. The summed E-state index contributed by atoms with van der Waals surface area (Å²) in [7, 11) is 0. The molecule has 148 valence electrons. The minimum Gasteiger partial charge on any atom is -0.271 e. The van der Waals surface area contributed by atoms with E-state index in [0.29, 0.717) is 0 Å². The molecular weight excluding hydrogens is 432 g/mol. The van der Waals surface area contributed by atoms with Gasteiger partial charge in [-0.1, -0.05) is 41.4 Å². The second-order valence-electron chi connectivity index (χ2n) is 5.83. The number of halogens is 5. The number of aromatic amines is 1. The number of nitrogens with zero attached hydrogens (tertiary/aromatic N) is 3. The molecule has 1 heterocycles. The van der Waals surface area contributed by atoms with Crippen molar-refractivity contribution >= 4 is 23.2 Å². The van der Waals surface area contributed by atoms with E-state index in [1.807, 2.05) is 11.1 Å². The van der Waals surface area contributed by atoms with Crippen molar-refractivity contribution in [1.82, 2.24) is 14.8 Å². The highest BCUT2D eigenvalue weighted by Gasteiger charge is 2.34. The molecule has 11 heteroatoms. The van der Waals surface area contributed by atoms with Gasteiger partial charge in [0.2, 0.25) is 0 Å². The van der Waals surface area contributed by atoms with Gasteiger partial charge in [0, 0.05) is 0 Å². The number of rotatable bonds is 3. The van der Waals surface area contributed by atoms with E-state index in [1.165, 1.54) is 24.3 Å². The average Bonchev–Trinajstić information content (AvgIpc) is 2.64. The molecular formula is C18H9Cl2F3N4O2. The highest BCUT2D eigenvalue weighted by Crippen LogP contribution is 2.39. The predicted octanol–water partition coefficient (Wildman–Crippen LogP) is 3.90. The van der Waals surface area contributed by atoms with Gasteiger partial charge in [0.1, 0.15) is 6.20 Å². The Balaban J connectivity index is 2.17. The maximum absolute atomic E-state index is 13.2. The highest BCUT2D eigenvalue weighted by molar-refractivity contribution is 6.33. The number of hydrogen-bond acceptors (Lipinski definition) is 4. The Morgan fingerprint density at radius 3 is 2.52 bits per heavy atom. The molecule has 0 aliphatic heterocycles. The van der Waals surface area contributed by atoms with Crippen LogP contribution in [-0.2, 0) is 6.18 Å². The molecule has 2 aromatic carbocycles. The molecule has 1 atom stereocenters. The zero-order valence-corrected chi connectivity index (χ0v) is 15.7. The van der Waals surface area contributed by atoms with Crippen LogP contribution < -0.4 is 11.2 Å². The minimum absolute atomic E-state index is 0.0186. The Morgan fingerprint density at radius 1 is 1.17 bits per heavy atom. The summed E-state index contributed by atoms with van der Waals surface area (Å²) in [4.78, 5) is 25.2. The Kier molecular flexibility index (Phi) is 5.50. The number of aromatic nitrogens is 3. The Hall–Kier alpha value is -3.09. The van der Waals surface area contributed by atoms with Crippen molar-refractivity contribution in [3.8, 4) is 11.8 Å². The van der Waals surface area contributed by atoms with Crippen LogP contribution in [-0.4, -0.2) is 14.8 Å². The van der Waals surface area contributed by atoms with E-state index >= 15 is 0 Å². The minimum atomic E-state index is -4.70. The van der Waals surface area contributed by atoms with Crippen LogP contribution >= 0.6 is 23.2 Å². The summed E-state index contributed by atoms with van der Waals surface area (Å²) in [5.41, 5.74) is -2.43. The summed E-state index contributed by atoms with van der Waals surface area (Å²) < 4.78 is 40.3. The summed E-state index contributed by atoms with van der Waals surface area (Å²) in [6.45, 7) is 0. The van der Waals surface area contributed by atoms with Gasteiger partial charge in [-0.2, -0.15) is 28.2 Å². The lowest BCUT2D eigenvalue weighted by Gasteiger charge is -2.17. The fourth-order valence-electron chi connectivity index (χ4n) is 2.71. The van der Waals surface area contributed by atoms with Crippen LogP contribution in [0.5, 0.6) is 0 Å². The molecule has 3 aromatic rings. The first-order valence-electron chi connectivity index (χ1n) is 7.87. The third-order valence-corrected chi connectivity index (χ3v) is 4.76. The summed E-state index contributed by atoms with van der Waals surface area (Å²) >= 11 is 12.0. The lowest BCUT2D eigenvalue weighted by Crippen LogP contribution is -2.30. The lowest BCUT2D eigenvalue weighted by molar-refractivity contribution is -0.137. The van der Waals surface area contributed by atoms with Gasteiger partial charge >= 0.3 is 11.9 Å². The van der Waals surface area contributed by atoms with Gasteiger partial charge in [-0.25, -0.2) is 4.79 Å². The van der Waals surface area contributed by atoms with Gasteiger partial charge in [0.05, 0.1) is 33.3 Å². The van der Waals surface area contributed by atoms with Gasteiger partial charge in [-0.3, -0.25) is 9.78 Å². The standard InChI is InChI=1S/C18H9Cl2F3N4O2/c19-13-5-4-9(6-12(13)18(21,22)23)11(7-24)10-2-1-3-14(16(10)20)27-17(29)26-15(28)8-25-27/h1-6,8,11H,(H,26,28,29). The molecule has 0 saturated heterocycles. The zero-order valence-electron chi connectivity index (χ0n) is 14.2. The van der Waals surface area contributed by atoms with Gasteiger partial charge < -0.3 is 0 Å². The molecule has 3 rings (SSSR count). The number of H-pyrrole nitrogens is 1. The highest BCUT2D eigenvalue weighted by atomic mass is 35.5. The first kappa shape index (κ1) is 20.6. The predicted molar refractivity (Wildman–Crippen MR) is 99.4 cm³/mol. The van der Waals surface area contributed by atoms with Crippen LogP contribution in [0.4, 0.5) is 13.2 Å². The lowest BCUT2D eigenvalue weighted by atomic mass is 9.91.